The van der Waals surface area contributed by atoms with Gasteiger partial charge in [0.2, 0.25) is 0 Å². The van der Waals surface area contributed by atoms with E-state index in [1.165, 1.54) is 0 Å². The highest BCUT2D eigenvalue weighted by molar-refractivity contribution is 8.09. The van der Waals surface area contributed by atoms with Crippen LogP contribution in [0.2, 0.25) is 0 Å². The number of aromatic nitrogens is 1. The molecule has 0 fully saturated rings. The summed E-state index contributed by atoms with van der Waals surface area (Å²) in [6.45, 7) is 3.99. The maximum atomic E-state index is 8.95. The SMILES string of the molecule is Cc1cccc(C)n1.O=S(=O)(O)Cl. The minimum Gasteiger partial charge on any atom is -0.273 e. The third-order valence-corrected chi connectivity index (χ3v) is 1.03. The molecule has 0 aliphatic carbocycles. The fraction of sp³-hybridized carbons (Fsp3) is 0.286. The van der Waals surface area contributed by atoms with Crippen molar-refractivity contribution in [1.82, 2.24) is 4.98 Å². The lowest BCUT2D eigenvalue weighted by molar-refractivity contribution is 0.501. The van der Waals surface area contributed by atoms with Gasteiger partial charge in [0.05, 0.1) is 0 Å². The van der Waals surface area contributed by atoms with Crippen LogP contribution in [0.3, 0.4) is 0 Å². The molecule has 4 nitrogen and oxygen atoms in total. The Morgan fingerprint density at radius 2 is 1.62 bits per heavy atom. The lowest BCUT2D eigenvalue weighted by Crippen LogP contribution is -1.81. The molecular weight excluding hydrogens is 214 g/mol. The second-order valence-electron chi connectivity index (χ2n) is 2.33. The van der Waals surface area contributed by atoms with Crippen LogP contribution >= 0.6 is 10.7 Å². The van der Waals surface area contributed by atoms with Gasteiger partial charge in [-0.05, 0) is 26.0 Å². The number of hydrogen-bond donors (Lipinski definition) is 1. The highest BCUT2D eigenvalue weighted by Gasteiger charge is 1.86. The first-order valence-corrected chi connectivity index (χ1v) is 5.63. The molecule has 0 saturated heterocycles. The van der Waals surface area contributed by atoms with Crippen molar-refractivity contribution >= 4 is 20.0 Å². The molecule has 0 radical (unpaired) electrons. The predicted molar refractivity (Wildman–Crippen MR) is 51.1 cm³/mol. The summed E-state index contributed by atoms with van der Waals surface area (Å²) in [6.07, 6.45) is 0. The number of nitrogens with zero attached hydrogens (tertiary/aromatic N) is 1. The lowest BCUT2D eigenvalue weighted by atomic mass is 10.3. The van der Waals surface area contributed by atoms with Gasteiger partial charge in [-0.3, -0.25) is 9.54 Å². The summed E-state index contributed by atoms with van der Waals surface area (Å²) >= 11 is 0. The van der Waals surface area contributed by atoms with Crippen LogP contribution in [-0.4, -0.2) is 18.0 Å². The highest BCUT2D eigenvalue weighted by Crippen LogP contribution is 1.93. The van der Waals surface area contributed by atoms with E-state index in [0.717, 1.165) is 11.4 Å². The first-order chi connectivity index (χ1) is 5.79. The second-order valence-corrected chi connectivity index (χ2v) is 4.33. The Bertz CT molecular complexity index is 339. The van der Waals surface area contributed by atoms with Crippen LogP contribution in [0.25, 0.3) is 0 Å². The van der Waals surface area contributed by atoms with Gasteiger partial charge in [0.1, 0.15) is 0 Å². The summed E-state index contributed by atoms with van der Waals surface area (Å²) in [5.74, 6) is 0. The first-order valence-electron chi connectivity index (χ1n) is 3.36. The average molecular weight is 224 g/mol. The average Bonchev–Trinajstić information content (AvgIpc) is 1.81. The van der Waals surface area contributed by atoms with Gasteiger partial charge < -0.3 is 0 Å². The van der Waals surface area contributed by atoms with Crippen LogP contribution in [0.1, 0.15) is 11.4 Å². The van der Waals surface area contributed by atoms with Crippen LogP contribution < -0.4 is 0 Å². The molecule has 6 heteroatoms. The zero-order chi connectivity index (χ0) is 10.5. The fourth-order valence-corrected chi connectivity index (χ4v) is 0.679. The molecule has 0 aromatic carbocycles. The molecule has 0 aliphatic rings. The molecule has 0 saturated carbocycles. The smallest absolute Gasteiger partial charge is 0.273 e. The Morgan fingerprint density at radius 3 is 1.77 bits per heavy atom. The van der Waals surface area contributed by atoms with E-state index >= 15 is 0 Å². The van der Waals surface area contributed by atoms with Crippen LogP contribution in [0.4, 0.5) is 0 Å². The zero-order valence-electron chi connectivity index (χ0n) is 7.23. The van der Waals surface area contributed by atoms with Gasteiger partial charge in [-0.1, -0.05) is 6.07 Å². The first kappa shape index (κ1) is 12.3. The quantitative estimate of drug-likeness (QED) is 0.537. The fourth-order valence-electron chi connectivity index (χ4n) is 0.679. The summed E-state index contributed by atoms with van der Waals surface area (Å²) < 4.78 is 25.2. The molecule has 1 aromatic heterocycles. The molecule has 0 aliphatic heterocycles. The van der Waals surface area contributed by atoms with E-state index in [4.69, 9.17) is 13.0 Å². The number of aryl methyl sites for hydroxylation is 2. The van der Waals surface area contributed by atoms with E-state index in [1.807, 2.05) is 32.0 Å². The molecule has 0 atom stereocenters. The molecule has 0 amide bonds. The zero-order valence-corrected chi connectivity index (χ0v) is 8.80. The van der Waals surface area contributed by atoms with Crippen molar-refractivity contribution in [2.45, 2.75) is 13.8 Å². The van der Waals surface area contributed by atoms with Crippen molar-refractivity contribution in [3.8, 4) is 0 Å². The number of halogens is 1. The molecule has 1 N–H and O–H groups in total. The van der Waals surface area contributed by atoms with Crippen LogP contribution in [0.15, 0.2) is 18.2 Å². The van der Waals surface area contributed by atoms with Crippen molar-refractivity contribution in [2.24, 2.45) is 0 Å². The Hall–Kier alpha value is -0.650. The molecule has 1 rings (SSSR count). The summed E-state index contributed by atoms with van der Waals surface area (Å²) in [4.78, 5) is 4.17. The standard InChI is InChI=1S/C7H9N.ClHO3S/c1-6-4-3-5-7(2)8-6;1-5(2,3)4/h3-5H,1-2H3;(H,2,3,4). The normalized spacial score (nSPS) is 10.2. The maximum absolute atomic E-state index is 8.95. The number of rotatable bonds is 0. The van der Waals surface area contributed by atoms with E-state index in [1.54, 1.807) is 0 Å². The summed E-state index contributed by atoms with van der Waals surface area (Å²) in [6, 6.07) is 6.00. The van der Waals surface area contributed by atoms with Crippen molar-refractivity contribution in [2.75, 3.05) is 0 Å². The maximum Gasteiger partial charge on any atom is 0.353 e. The molecule has 0 unspecified atom stereocenters. The second kappa shape index (κ2) is 5.16. The van der Waals surface area contributed by atoms with Gasteiger partial charge in [0.15, 0.2) is 0 Å². The Labute approximate surface area is 81.8 Å². The van der Waals surface area contributed by atoms with Gasteiger partial charge in [0, 0.05) is 22.1 Å². The van der Waals surface area contributed by atoms with Gasteiger partial charge >= 0.3 is 9.33 Å². The minimum atomic E-state index is -4.19. The highest BCUT2D eigenvalue weighted by atomic mass is 35.7. The predicted octanol–water partition coefficient (Wildman–Crippen LogP) is 1.73. The monoisotopic (exact) mass is 223 g/mol. The van der Waals surface area contributed by atoms with Crippen molar-refractivity contribution < 1.29 is 13.0 Å². The molecule has 1 aromatic rings. The van der Waals surface area contributed by atoms with Crippen molar-refractivity contribution in [3.63, 3.8) is 0 Å². The van der Waals surface area contributed by atoms with Gasteiger partial charge in [-0.25, -0.2) is 0 Å². The lowest BCUT2D eigenvalue weighted by Gasteiger charge is -1.90. The Balaban J connectivity index is 0.000000252. The third kappa shape index (κ3) is 11.3. The molecule has 1 heterocycles. The van der Waals surface area contributed by atoms with Gasteiger partial charge in [-0.15, -0.1) is 0 Å². The van der Waals surface area contributed by atoms with E-state index in [0.29, 0.717) is 0 Å². The topological polar surface area (TPSA) is 67.3 Å². The minimum absolute atomic E-state index is 1.09. The summed E-state index contributed by atoms with van der Waals surface area (Å²) in [7, 11) is -0.137. The van der Waals surface area contributed by atoms with Crippen LogP contribution in [0, 0.1) is 13.8 Å². The van der Waals surface area contributed by atoms with Crippen molar-refractivity contribution in [3.05, 3.63) is 29.6 Å². The third-order valence-electron chi connectivity index (χ3n) is 1.03. The summed E-state index contributed by atoms with van der Waals surface area (Å²) in [5.41, 5.74) is 2.18. The van der Waals surface area contributed by atoms with Gasteiger partial charge in [0.25, 0.3) is 0 Å². The molecule has 74 valence electrons. The molecular formula is C7H10ClNO3S. The van der Waals surface area contributed by atoms with Crippen LogP contribution in [0.5, 0.6) is 0 Å². The Kier molecular flexibility index (Phi) is 4.90. The van der Waals surface area contributed by atoms with E-state index in [-0.39, 0.29) is 0 Å². The van der Waals surface area contributed by atoms with Gasteiger partial charge in [-0.2, -0.15) is 8.42 Å². The Morgan fingerprint density at radius 1 is 1.31 bits per heavy atom. The number of pyridine rings is 1. The van der Waals surface area contributed by atoms with E-state index in [9.17, 15) is 0 Å². The van der Waals surface area contributed by atoms with E-state index in [2.05, 4.69) is 15.7 Å². The molecule has 0 bridgehead atoms. The van der Waals surface area contributed by atoms with E-state index < -0.39 is 9.33 Å². The summed E-state index contributed by atoms with van der Waals surface area (Å²) in [5, 5.41) is 0. The largest absolute Gasteiger partial charge is 0.353 e. The van der Waals surface area contributed by atoms with Crippen molar-refractivity contribution in [1.29, 1.82) is 0 Å². The molecule has 13 heavy (non-hydrogen) atoms. The molecule has 0 spiro atoms. The van der Waals surface area contributed by atoms with Crippen LogP contribution in [-0.2, 0) is 9.33 Å². The number of hydrogen-bond acceptors (Lipinski definition) is 3.